The van der Waals surface area contributed by atoms with E-state index < -0.39 is 0 Å². The van der Waals surface area contributed by atoms with Gasteiger partial charge in [0.15, 0.2) is 0 Å². The van der Waals surface area contributed by atoms with Crippen LogP contribution in [0.15, 0.2) is 0 Å². The highest BCUT2D eigenvalue weighted by Crippen LogP contribution is 2.10. The Morgan fingerprint density at radius 3 is 1.57 bits per heavy atom. The van der Waals surface area contributed by atoms with E-state index in [9.17, 15) is 4.79 Å². The van der Waals surface area contributed by atoms with Crippen LogP contribution in [-0.2, 0) is 9.63 Å². The summed E-state index contributed by atoms with van der Waals surface area (Å²) in [7, 11) is 0. The van der Waals surface area contributed by atoms with Crippen LogP contribution in [-0.4, -0.2) is 72.2 Å². The van der Waals surface area contributed by atoms with E-state index in [1.807, 2.05) is 0 Å². The normalized spacial score (nSPS) is 10.6. The van der Waals surface area contributed by atoms with Crippen molar-refractivity contribution in [2.24, 2.45) is 0 Å². The molecule has 170 valence electrons. The van der Waals surface area contributed by atoms with Crippen molar-refractivity contribution in [1.82, 2.24) is 10.4 Å². The van der Waals surface area contributed by atoms with Gasteiger partial charge in [-0.3, -0.25) is 9.69 Å². The minimum absolute atomic E-state index is 0.0694. The Kier molecular flexibility index (Phi) is 27.7. The summed E-state index contributed by atoms with van der Waals surface area (Å²) in [6.45, 7) is 6.59. The van der Waals surface area contributed by atoms with Crippen molar-refractivity contribution in [2.75, 3.05) is 46.0 Å². The highest BCUT2D eigenvalue weighted by Gasteiger charge is 2.00. The van der Waals surface area contributed by atoms with Crippen molar-refractivity contribution in [1.29, 1.82) is 0 Å². The van der Waals surface area contributed by atoms with E-state index in [4.69, 9.17) is 20.2 Å². The third-order valence-corrected chi connectivity index (χ3v) is 4.36. The molecule has 0 aromatic rings. The lowest BCUT2D eigenvalue weighted by Gasteiger charge is -2.17. The lowest BCUT2D eigenvalue weighted by Crippen LogP contribution is -2.32. The van der Waals surface area contributed by atoms with Gasteiger partial charge in [-0.05, 0) is 6.42 Å². The number of aliphatic hydroxyl groups is 3. The fraction of sp³-hybridized carbons (Fsp3) is 0.952. The second-order valence-electron chi connectivity index (χ2n) is 6.92. The maximum Gasteiger partial charge on any atom is 0.324 e. The van der Waals surface area contributed by atoms with Crippen LogP contribution >= 0.6 is 0 Å². The molecule has 0 aromatic heterocycles. The van der Waals surface area contributed by atoms with Gasteiger partial charge < -0.3 is 20.2 Å². The van der Waals surface area contributed by atoms with E-state index in [-0.39, 0.29) is 25.8 Å². The molecule has 7 nitrogen and oxygen atoms in total. The molecule has 0 aliphatic rings. The number of unbranched alkanes of at least 4 members (excludes halogenated alkanes) is 9. The average Bonchev–Trinajstić information content (AvgIpc) is 2.69. The summed E-state index contributed by atoms with van der Waals surface area (Å²) in [5.41, 5.74) is 2.71. The molecule has 0 aliphatic heterocycles. The first-order valence-electron chi connectivity index (χ1n) is 11.1. The van der Waals surface area contributed by atoms with Crippen molar-refractivity contribution in [3.63, 3.8) is 0 Å². The van der Waals surface area contributed by atoms with Gasteiger partial charge in [0, 0.05) is 32.6 Å². The van der Waals surface area contributed by atoms with Gasteiger partial charge in [-0.2, -0.15) is 5.48 Å². The third kappa shape index (κ3) is 25.3. The Hall–Kier alpha value is -0.730. The first kappa shape index (κ1) is 29.5. The molecular weight excluding hydrogens is 360 g/mol. The molecule has 0 rings (SSSR count). The smallest absolute Gasteiger partial charge is 0.324 e. The number of aliphatic hydroxyl groups excluding tert-OH is 3. The Labute approximate surface area is 172 Å². The van der Waals surface area contributed by atoms with Crippen LogP contribution in [0.1, 0.15) is 84.5 Å². The van der Waals surface area contributed by atoms with Gasteiger partial charge in [0.1, 0.15) is 0 Å². The zero-order chi connectivity index (χ0) is 21.3. The largest absolute Gasteiger partial charge is 0.395 e. The zero-order valence-electron chi connectivity index (χ0n) is 18.3. The molecule has 0 unspecified atom stereocenters. The molecule has 0 fully saturated rings. The van der Waals surface area contributed by atoms with Gasteiger partial charge in [-0.15, -0.1) is 0 Å². The number of rotatable bonds is 19. The molecule has 0 atom stereocenters. The van der Waals surface area contributed by atoms with Gasteiger partial charge in [-0.1, -0.05) is 71.6 Å². The van der Waals surface area contributed by atoms with E-state index in [0.29, 0.717) is 26.1 Å². The molecule has 0 radical (unpaired) electrons. The predicted molar refractivity (Wildman–Crippen MR) is 114 cm³/mol. The fourth-order valence-electron chi connectivity index (χ4n) is 2.65. The van der Waals surface area contributed by atoms with Crippen LogP contribution in [0.5, 0.6) is 0 Å². The van der Waals surface area contributed by atoms with Gasteiger partial charge in [0.25, 0.3) is 0 Å². The van der Waals surface area contributed by atoms with Crippen molar-refractivity contribution in [2.45, 2.75) is 84.5 Å². The summed E-state index contributed by atoms with van der Waals surface area (Å²) < 4.78 is 0. The highest BCUT2D eigenvalue weighted by atomic mass is 16.7. The van der Waals surface area contributed by atoms with Crippen LogP contribution in [0, 0.1) is 0 Å². The van der Waals surface area contributed by atoms with E-state index in [1.54, 1.807) is 11.8 Å². The lowest BCUT2D eigenvalue weighted by atomic mass is 10.1. The number of nitrogens with zero attached hydrogens (tertiary/aromatic N) is 1. The maximum atomic E-state index is 10.8. The van der Waals surface area contributed by atoms with Crippen molar-refractivity contribution < 1.29 is 25.0 Å². The topological polar surface area (TPSA) is 102 Å². The van der Waals surface area contributed by atoms with Gasteiger partial charge >= 0.3 is 5.97 Å². The van der Waals surface area contributed by atoms with E-state index >= 15 is 0 Å². The quantitative estimate of drug-likeness (QED) is 0.193. The standard InChI is InChI=1S/C15H31NO2.C6H15NO3/c1-3-5-6-7-8-9-10-11-12-13-14-16-18-15(17)4-2;8-4-1-7(2-5-9)3-6-10/h16H,3-14H2,1-2H3;8-10H,1-6H2. The Morgan fingerprint density at radius 1 is 0.750 bits per heavy atom. The second kappa shape index (κ2) is 26.3. The highest BCUT2D eigenvalue weighted by molar-refractivity contribution is 5.68. The first-order chi connectivity index (χ1) is 13.7. The summed E-state index contributed by atoms with van der Waals surface area (Å²) in [5.74, 6) is -0.179. The summed E-state index contributed by atoms with van der Waals surface area (Å²) in [5, 5.41) is 25.5. The number of hydroxylamine groups is 1. The zero-order valence-corrected chi connectivity index (χ0v) is 18.3. The second-order valence-corrected chi connectivity index (χ2v) is 6.92. The van der Waals surface area contributed by atoms with Crippen LogP contribution in [0.4, 0.5) is 0 Å². The molecule has 0 aliphatic carbocycles. The Morgan fingerprint density at radius 2 is 1.18 bits per heavy atom. The van der Waals surface area contributed by atoms with Crippen LogP contribution < -0.4 is 5.48 Å². The van der Waals surface area contributed by atoms with Gasteiger partial charge in [-0.25, -0.2) is 0 Å². The SMILES string of the molecule is CCCCCCCCCCCCNOC(=O)CC.OCCN(CCO)CCO. The Balaban J connectivity index is 0. The van der Waals surface area contributed by atoms with E-state index in [1.165, 1.54) is 57.8 Å². The van der Waals surface area contributed by atoms with Crippen LogP contribution in [0.3, 0.4) is 0 Å². The van der Waals surface area contributed by atoms with Crippen molar-refractivity contribution >= 4 is 5.97 Å². The van der Waals surface area contributed by atoms with Crippen molar-refractivity contribution in [3.05, 3.63) is 0 Å². The van der Waals surface area contributed by atoms with Gasteiger partial charge in [0.2, 0.25) is 0 Å². The molecule has 0 bridgehead atoms. The minimum atomic E-state index is -0.179. The number of nitrogens with one attached hydrogen (secondary N) is 1. The van der Waals surface area contributed by atoms with Crippen LogP contribution in [0.25, 0.3) is 0 Å². The van der Waals surface area contributed by atoms with Crippen molar-refractivity contribution in [3.8, 4) is 0 Å². The number of carbonyl (C=O) groups is 1. The Bertz CT molecular complexity index is 292. The summed E-state index contributed by atoms with van der Waals surface area (Å²) >= 11 is 0. The summed E-state index contributed by atoms with van der Waals surface area (Å²) in [6, 6.07) is 0. The predicted octanol–water partition coefficient (Wildman–Crippen LogP) is 2.63. The first-order valence-corrected chi connectivity index (χ1v) is 11.1. The monoisotopic (exact) mass is 406 g/mol. The molecule has 0 saturated carbocycles. The number of hydrogen-bond acceptors (Lipinski definition) is 7. The molecule has 0 heterocycles. The minimum Gasteiger partial charge on any atom is -0.395 e. The number of hydrogen-bond donors (Lipinski definition) is 4. The summed E-state index contributed by atoms with van der Waals surface area (Å²) in [4.78, 5) is 17.4. The molecule has 28 heavy (non-hydrogen) atoms. The average molecular weight is 407 g/mol. The molecular formula is C21H46N2O5. The lowest BCUT2D eigenvalue weighted by molar-refractivity contribution is -0.150. The number of carbonyl (C=O) groups excluding carboxylic acids is 1. The molecule has 0 amide bonds. The van der Waals surface area contributed by atoms with Crippen LogP contribution in [0.2, 0.25) is 0 Å². The van der Waals surface area contributed by atoms with E-state index in [2.05, 4.69) is 12.4 Å². The molecule has 4 N–H and O–H groups in total. The molecule has 0 spiro atoms. The third-order valence-electron chi connectivity index (χ3n) is 4.36. The molecule has 0 saturated heterocycles. The fourth-order valence-corrected chi connectivity index (χ4v) is 2.65. The van der Waals surface area contributed by atoms with E-state index in [0.717, 1.165) is 13.0 Å². The molecule has 0 aromatic carbocycles. The van der Waals surface area contributed by atoms with Gasteiger partial charge in [0.05, 0.1) is 19.8 Å². The maximum absolute atomic E-state index is 10.8. The summed E-state index contributed by atoms with van der Waals surface area (Å²) in [6.07, 6.45) is 13.7. The molecule has 7 heteroatoms.